The van der Waals surface area contributed by atoms with Crippen molar-refractivity contribution in [2.24, 2.45) is 0 Å². The van der Waals surface area contributed by atoms with Gasteiger partial charge in [-0.05, 0) is 18.6 Å². The molecule has 0 aliphatic carbocycles. The number of benzene rings is 1. The van der Waals surface area contributed by atoms with E-state index in [0.717, 1.165) is 23.5 Å². The zero-order valence-corrected chi connectivity index (χ0v) is 10.0. The molecule has 0 aliphatic rings. The lowest BCUT2D eigenvalue weighted by molar-refractivity contribution is 0.210. The largest absolute Gasteiger partial charge is 0.495 e. The van der Waals surface area contributed by atoms with Crippen LogP contribution in [0.2, 0.25) is 5.02 Å². The number of aryl methyl sites for hydroxylation is 1. The second-order valence-corrected chi connectivity index (χ2v) is 3.63. The molecule has 3 nitrogen and oxygen atoms in total. The van der Waals surface area contributed by atoms with Crippen molar-refractivity contribution in [3.8, 4) is 5.75 Å². The third kappa shape index (κ3) is 3.29. The SMILES string of the molecule is COCCNc1cc(C)c(Cl)cc1OC. The van der Waals surface area contributed by atoms with Crippen molar-refractivity contribution >= 4 is 17.3 Å². The quantitative estimate of drug-likeness (QED) is 0.788. The first-order valence-corrected chi connectivity index (χ1v) is 5.13. The molecule has 0 saturated heterocycles. The average molecular weight is 230 g/mol. The van der Waals surface area contributed by atoms with E-state index in [1.54, 1.807) is 14.2 Å². The van der Waals surface area contributed by atoms with Gasteiger partial charge in [-0.15, -0.1) is 0 Å². The molecule has 1 aromatic rings. The molecule has 0 unspecified atom stereocenters. The summed E-state index contributed by atoms with van der Waals surface area (Å²) in [7, 11) is 3.30. The van der Waals surface area contributed by atoms with E-state index in [4.69, 9.17) is 21.1 Å². The van der Waals surface area contributed by atoms with Gasteiger partial charge < -0.3 is 14.8 Å². The van der Waals surface area contributed by atoms with Gasteiger partial charge >= 0.3 is 0 Å². The van der Waals surface area contributed by atoms with Crippen LogP contribution in [0.1, 0.15) is 5.56 Å². The molecule has 0 aromatic heterocycles. The molecule has 0 bridgehead atoms. The van der Waals surface area contributed by atoms with Crippen LogP contribution in [-0.4, -0.2) is 27.4 Å². The van der Waals surface area contributed by atoms with Crippen LogP contribution in [0.3, 0.4) is 0 Å². The maximum absolute atomic E-state index is 5.99. The Balaban J connectivity index is 2.80. The van der Waals surface area contributed by atoms with Crippen molar-refractivity contribution in [3.63, 3.8) is 0 Å². The molecule has 0 spiro atoms. The Kier molecular flexibility index (Phi) is 4.72. The molecule has 84 valence electrons. The van der Waals surface area contributed by atoms with Gasteiger partial charge in [0.05, 0.1) is 19.4 Å². The molecule has 0 amide bonds. The predicted molar refractivity (Wildman–Crippen MR) is 63.1 cm³/mol. The molecule has 0 radical (unpaired) electrons. The first-order chi connectivity index (χ1) is 7.19. The lowest BCUT2D eigenvalue weighted by atomic mass is 10.2. The van der Waals surface area contributed by atoms with Gasteiger partial charge in [0.2, 0.25) is 0 Å². The number of halogens is 1. The molecule has 1 rings (SSSR count). The summed E-state index contributed by atoms with van der Waals surface area (Å²) < 4.78 is 10.2. The maximum atomic E-state index is 5.99. The third-order valence-corrected chi connectivity index (χ3v) is 2.51. The van der Waals surface area contributed by atoms with Gasteiger partial charge in [-0.2, -0.15) is 0 Å². The molecule has 0 heterocycles. The summed E-state index contributed by atoms with van der Waals surface area (Å²) in [5.41, 5.74) is 1.97. The van der Waals surface area contributed by atoms with Crippen LogP contribution in [0.25, 0.3) is 0 Å². The monoisotopic (exact) mass is 229 g/mol. The summed E-state index contributed by atoms with van der Waals surface area (Å²) >= 11 is 5.99. The van der Waals surface area contributed by atoms with Crippen molar-refractivity contribution in [1.82, 2.24) is 0 Å². The van der Waals surface area contributed by atoms with E-state index in [1.807, 2.05) is 19.1 Å². The van der Waals surface area contributed by atoms with Gasteiger partial charge in [0, 0.05) is 24.7 Å². The van der Waals surface area contributed by atoms with Gasteiger partial charge in [0.15, 0.2) is 0 Å². The minimum atomic E-state index is 0.658. The van der Waals surface area contributed by atoms with E-state index in [-0.39, 0.29) is 0 Å². The average Bonchev–Trinajstić information content (AvgIpc) is 2.23. The summed E-state index contributed by atoms with van der Waals surface area (Å²) in [4.78, 5) is 0. The minimum Gasteiger partial charge on any atom is -0.495 e. The number of rotatable bonds is 5. The molecule has 1 N–H and O–H groups in total. The second-order valence-electron chi connectivity index (χ2n) is 3.22. The fraction of sp³-hybridized carbons (Fsp3) is 0.455. The molecular weight excluding hydrogens is 214 g/mol. The Morgan fingerprint density at radius 2 is 2.07 bits per heavy atom. The van der Waals surface area contributed by atoms with Crippen LogP contribution in [-0.2, 0) is 4.74 Å². The molecule has 15 heavy (non-hydrogen) atoms. The van der Waals surface area contributed by atoms with E-state index in [2.05, 4.69) is 5.32 Å². The highest BCUT2D eigenvalue weighted by Crippen LogP contribution is 2.30. The topological polar surface area (TPSA) is 30.5 Å². The zero-order valence-electron chi connectivity index (χ0n) is 9.26. The van der Waals surface area contributed by atoms with Crippen molar-refractivity contribution in [2.45, 2.75) is 6.92 Å². The van der Waals surface area contributed by atoms with Crippen LogP contribution >= 0.6 is 11.6 Å². The number of methoxy groups -OCH3 is 2. The third-order valence-electron chi connectivity index (χ3n) is 2.10. The normalized spacial score (nSPS) is 10.1. The molecule has 0 aliphatic heterocycles. The lowest BCUT2D eigenvalue weighted by Gasteiger charge is -2.12. The fourth-order valence-corrected chi connectivity index (χ4v) is 1.41. The van der Waals surface area contributed by atoms with Crippen LogP contribution in [0.4, 0.5) is 5.69 Å². The number of hydrogen-bond acceptors (Lipinski definition) is 3. The Hall–Kier alpha value is -0.930. The Morgan fingerprint density at radius 1 is 1.33 bits per heavy atom. The number of ether oxygens (including phenoxy) is 2. The molecule has 4 heteroatoms. The van der Waals surface area contributed by atoms with Crippen molar-refractivity contribution in [1.29, 1.82) is 0 Å². The maximum Gasteiger partial charge on any atom is 0.143 e. The van der Waals surface area contributed by atoms with Gasteiger partial charge in [-0.25, -0.2) is 0 Å². The van der Waals surface area contributed by atoms with Gasteiger partial charge in [-0.1, -0.05) is 11.6 Å². The second kappa shape index (κ2) is 5.83. The Morgan fingerprint density at radius 3 is 2.67 bits per heavy atom. The highest BCUT2D eigenvalue weighted by molar-refractivity contribution is 6.31. The summed E-state index contributed by atoms with van der Waals surface area (Å²) in [6.45, 7) is 3.36. The first-order valence-electron chi connectivity index (χ1n) is 4.76. The van der Waals surface area contributed by atoms with Crippen molar-refractivity contribution in [3.05, 3.63) is 22.7 Å². The predicted octanol–water partition coefficient (Wildman–Crippen LogP) is 2.72. The van der Waals surface area contributed by atoms with Gasteiger partial charge in [0.25, 0.3) is 0 Å². The van der Waals surface area contributed by atoms with E-state index in [0.29, 0.717) is 11.6 Å². The summed E-state index contributed by atoms with van der Waals surface area (Å²) in [6, 6.07) is 3.78. The minimum absolute atomic E-state index is 0.658. The summed E-state index contributed by atoms with van der Waals surface area (Å²) in [6.07, 6.45) is 0. The highest BCUT2D eigenvalue weighted by atomic mass is 35.5. The van der Waals surface area contributed by atoms with E-state index in [1.165, 1.54) is 0 Å². The molecule has 0 saturated carbocycles. The lowest BCUT2D eigenvalue weighted by Crippen LogP contribution is -2.08. The fourth-order valence-electron chi connectivity index (χ4n) is 1.26. The van der Waals surface area contributed by atoms with Gasteiger partial charge in [0.1, 0.15) is 5.75 Å². The van der Waals surface area contributed by atoms with Crippen LogP contribution in [0, 0.1) is 6.92 Å². The van der Waals surface area contributed by atoms with Crippen LogP contribution < -0.4 is 10.1 Å². The number of anilines is 1. The number of hydrogen-bond donors (Lipinski definition) is 1. The van der Waals surface area contributed by atoms with E-state index < -0.39 is 0 Å². The van der Waals surface area contributed by atoms with Crippen LogP contribution in [0.15, 0.2) is 12.1 Å². The number of nitrogens with one attached hydrogen (secondary N) is 1. The molecule has 1 aromatic carbocycles. The molecule has 0 fully saturated rings. The van der Waals surface area contributed by atoms with E-state index >= 15 is 0 Å². The Labute approximate surface area is 95.3 Å². The summed E-state index contributed by atoms with van der Waals surface area (Å²) in [5.74, 6) is 0.752. The zero-order chi connectivity index (χ0) is 11.3. The standard InChI is InChI=1S/C11H16ClNO2/c1-8-6-10(13-4-5-14-2)11(15-3)7-9(8)12/h6-7,13H,4-5H2,1-3H3. The van der Waals surface area contributed by atoms with Crippen LogP contribution in [0.5, 0.6) is 5.75 Å². The first kappa shape index (κ1) is 12.1. The van der Waals surface area contributed by atoms with Gasteiger partial charge in [-0.3, -0.25) is 0 Å². The Bertz CT molecular complexity index is 329. The van der Waals surface area contributed by atoms with Crippen molar-refractivity contribution in [2.75, 3.05) is 32.7 Å². The molecular formula is C11H16ClNO2. The summed E-state index contributed by atoms with van der Waals surface area (Å²) in [5, 5.41) is 3.94. The molecule has 0 atom stereocenters. The van der Waals surface area contributed by atoms with Crippen molar-refractivity contribution < 1.29 is 9.47 Å². The highest BCUT2D eigenvalue weighted by Gasteiger charge is 2.05. The smallest absolute Gasteiger partial charge is 0.143 e. The van der Waals surface area contributed by atoms with E-state index in [9.17, 15) is 0 Å².